The van der Waals surface area contributed by atoms with Crippen molar-refractivity contribution in [2.75, 3.05) is 6.54 Å². The largest absolute Gasteiger partial charge is 0.481 e. The van der Waals surface area contributed by atoms with Gasteiger partial charge in [-0.15, -0.1) is 0 Å². The maximum atomic E-state index is 10.6. The lowest BCUT2D eigenvalue weighted by Crippen LogP contribution is -2.16. The third kappa shape index (κ3) is 2.59. The highest BCUT2D eigenvalue weighted by Gasteiger charge is 2.20. The van der Waals surface area contributed by atoms with E-state index in [1.54, 1.807) is 6.07 Å². The van der Waals surface area contributed by atoms with E-state index in [1.807, 2.05) is 6.92 Å². The molecule has 0 fully saturated rings. The van der Waals surface area contributed by atoms with Crippen LogP contribution >= 0.6 is 15.9 Å². The molecule has 0 saturated carbocycles. The van der Waals surface area contributed by atoms with Crippen LogP contribution in [-0.4, -0.2) is 17.6 Å². The van der Waals surface area contributed by atoms with Crippen LogP contribution in [0.1, 0.15) is 23.7 Å². The lowest BCUT2D eigenvalue weighted by molar-refractivity contribution is -0.137. The zero-order valence-electron chi connectivity index (χ0n) is 7.79. The van der Waals surface area contributed by atoms with Crippen LogP contribution in [0.15, 0.2) is 15.2 Å². The Hall–Kier alpha value is -0.810. The minimum Gasteiger partial charge on any atom is -0.481 e. The molecule has 0 aromatic carbocycles. The maximum absolute atomic E-state index is 10.6. The van der Waals surface area contributed by atoms with E-state index in [2.05, 4.69) is 15.9 Å². The third-order valence-electron chi connectivity index (χ3n) is 2.00. The molecule has 1 aromatic heterocycles. The van der Waals surface area contributed by atoms with Gasteiger partial charge >= 0.3 is 5.97 Å². The predicted octanol–water partition coefficient (Wildman–Crippen LogP) is 1.87. The Morgan fingerprint density at radius 1 is 1.79 bits per heavy atom. The second-order valence-corrected chi connectivity index (χ2v) is 3.91. The van der Waals surface area contributed by atoms with E-state index >= 15 is 0 Å². The summed E-state index contributed by atoms with van der Waals surface area (Å²) in [5.74, 6) is -0.465. The molecular formula is C9H12BrNO3. The van der Waals surface area contributed by atoms with Crippen LogP contribution in [0.4, 0.5) is 0 Å². The highest BCUT2D eigenvalue weighted by Crippen LogP contribution is 2.28. The Kier molecular flexibility index (Phi) is 3.71. The van der Waals surface area contributed by atoms with Gasteiger partial charge in [0.2, 0.25) is 0 Å². The van der Waals surface area contributed by atoms with E-state index in [9.17, 15) is 4.79 Å². The van der Waals surface area contributed by atoms with Crippen molar-refractivity contribution in [3.8, 4) is 0 Å². The van der Waals surface area contributed by atoms with Gasteiger partial charge in [-0.2, -0.15) is 0 Å². The van der Waals surface area contributed by atoms with E-state index in [-0.39, 0.29) is 18.9 Å². The van der Waals surface area contributed by atoms with Crippen molar-refractivity contribution in [2.45, 2.75) is 19.3 Å². The van der Waals surface area contributed by atoms with Crippen LogP contribution in [-0.2, 0) is 4.79 Å². The van der Waals surface area contributed by atoms with Crippen LogP contribution in [0.5, 0.6) is 0 Å². The van der Waals surface area contributed by atoms with Crippen LogP contribution in [0.25, 0.3) is 0 Å². The normalized spacial score (nSPS) is 12.8. The quantitative estimate of drug-likeness (QED) is 0.868. The molecule has 1 rings (SSSR count). The molecule has 1 heterocycles. The van der Waals surface area contributed by atoms with Gasteiger partial charge in [0.25, 0.3) is 0 Å². The molecule has 78 valence electrons. The molecule has 3 N–H and O–H groups in total. The number of hydrogen-bond acceptors (Lipinski definition) is 3. The summed E-state index contributed by atoms with van der Waals surface area (Å²) >= 11 is 3.19. The number of carbonyl (C=O) groups is 1. The Morgan fingerprint density at radius 3 is 2.79 bits per heavy atom. The van der Waals surface area contributed by atoms with Crippen molar-refractivity contribution in [1.29, 1.82) is 0 Å². The molecule has 0 bridgehead atoms. The summed E-state index contributed by atoms with van der Waals surface area (Å²) in [6.07, 6.45) is -0.00269. The van der Waals surface area contributed by atoms with Gasteiger partial charge in [-0.25, -0.2) is 0 Å². The first-order valence-corrected chi connectivity index (χ1v) is 5.01. The SMILES string of the molecule is Cc1cc(Br)oc1C(CN)CC(=O)O. The molecule has 14 heavy (non-hydrogen) atoms. The Morgan fingerprint density at radius 2 is 2.43 bits per heavy atom. The Balaban J connectivity index is 2.88. The minimum atomic E-state index is -0.868. The first-order valence-electron chi connectivity index (χ1n) is 4.22. The van der Waals surface area contributed by atoms with Crippen molar-refractivity contribution in [3.05, 3.63) is 22.1 Å². The van der Waals surface area contributed by atoms with Gasteiger partial charge in [0.1, 0.15) is 5.76 Å². The molecule has 0 aliphatic rings. The van der Waals surface area contributed by atoms with Crippen molar-refractivity contribution < 1.29 is 14.3 Å². The van der Waals surface area contributed by atoms with Gasteiger partial charge in [0, 0.05) is 12.5 Å². The fourth-order valence-electron chi connectivity index (χ4n) is 1.36. The van der Waals surface area contributed by atoms with E-state index < -0.39 is 5.97 Å². The summed E-state index contributed by atoms with van der Waals surface area (Å²) in [6.45, 7) is 2.14. The number of furan rings is 1. The van der Waals surface area contributed by atoms with Gasteiger partial charge in [-0.05, 0) is 34.5 Å². The summed E-state index contributed by atoms with van der Waals surface area (Å²) in [6, 6.07) is 1.81. The Bertz CT molecular complexity index is 335. The summed E-state index contributed by atoms with van der Waals surface area (Å²) in [4.78, 5) is 10.6. The van der Waals surface area contributed by atoms with Crippen LogP contribution in [0.3, 0.4) is 0 Å². The average Bonchev–Trinajstić information content (AvgIpc) is 2.41. The number of halogens is 1. The lowest BCUT2D eigenvalue weighted by Gasteiger charge is -2.09. The monoisotopic (exact) mass is 261 g/mol. The second-order valence-electron chi connectivity index (χ2n) is 3.13. The highest BCUT2D eigenvalue weighted by atomic mass is 79.9. The minimum absolute atomic E-state index is 0.00269. The number of carboxylic acids is 1. The molecule has 0 amide bonds. The zero-order chi connectivity index (χ0) is 10.7. The molecule has 4 nitrogen and oxygen atoms in total. The number of rotatable bonds is 4. The number of aryl methyl sites for hydroxylation is 1. The third-order valence-corrected chi connectivity index (χ3v) is 2.39. The number of hydrogen-bond donors (Lipinski definition) is 2. The first-order chi connectivity index (χ1) is 6.54. The lowest BCUT2D eigenvalue weighted by atomic mass is 10.00. The first kappa shape index (κ1) is 11.3. The second kappa shape index (κ2) is 4.61. The summed E-state index contributed by atoms with van der Waals surface area (Å²) in [7, 11) is 0. The molecule has 1 unspecified atom stereocenters. The number of aliphatic carboxylic acids is 1. The van der Waals surface area contributed by atoms with Gasteiger partial charge in [0.05, 0.1) is 6.42 Å². The van der Waals surface area contributed by atoms with E-state index in [4.69, 9.17) is 15.3 Å². The maximum Gasteiger partial charge on any atom is 0.304 e. The van der Waals surface area contributed by atoms with Gasteiger partial charge in [0.15, 0.2) is 4.67 Å². The molecule has 0 aliphatic carbocycles. The molecule has 0 aliphatic heterocycles. The summed E-state index contributed by atoms with van der Waals surface area (Å²) in [5.41, 5.74) is 6.42. The molecule has 1 atom stereocenters. The van der Waals surface area contributed by atoms with Crippen molar-refractivity contribution in [1.82, 2.24) is 0 Å². The number of nitrogens with two attached hydrogens (primary N) is 1. The average molecular weight is 262 g/mol. The van der Waals surface area contributed by atoms with E-state index in [1.165, 1.54) is 0 Å². The zero-order valence-corrected chi connectivity index (χ0v) is 9.37. The topological polar surface area (TPSA) is 76.5 Å². The van der Waals surface area contributed by atoms with Gasteiger partial charge < -0.3 is 15.3 Å². The molecule has 0 radical (unpaired) electrons. The standard InChI is InChI=1S/C9H12BrNO3/c1-5-2-7(10)14-9(5)6(4-11)3-8(12)13/h2,6H,3-4,11H2,1H3,(H,12,13). The van der Waals surface area contributed by atoms with Crippen molar-refractivity contribution in [3.63, 3.8) is 0 Å². The number of carboxylic acid groups (broad SMARTS) is 1. The van der Waals surface area contributed by atoms with Crippen molar-refractivity contribution >= 4 is 21.9 Å². The van der Waals surface area contributed by atoms with Crippen LogP contribution in [0, 0.1) is 6.92 Å². The smallest absolute Gasteiger partial charge is 0.304 e. The fraction of sp³-hybridized carbons (Fsp3) is 0.444. The summed E-state index contributed by atoms with van der Waals surface area (Å²) in [5, 5.41) is 8.67. The molecule has 0 spiro atoms. The predicted molar refractivity (Wildman–Crippen MR) is 55.2 cm³/mol. The van der Waals surface area contributed by atoms with E-state index in [0.29, 0.717) is 10.4 Å². The van der Waals surface area contributed by atoms with Crippen molar-refractivity contribution in [2.24, 2.45) is 5.73 Å². The molecular weight excluding hydrogens is 250 g/mol. The highest BCUT2D eigenvalue weighted by molar-refractivity contribution is 9.10. The summed E-state index contributed by atoms with van der Waals surface area (Å²) < 4.78 is 5.95. The van der Waals surface area contributed by atoms with Gasteiger partial charge in [-0.3, -0.25) is 4.79 Å². The molecule has 1 aromatic rings. The molecule has 5 heteroatoms. The van der Waals surface area contributed by atoms with Crippen LogP contribution < -0.4 is 5.73 Å². The Labute approximate surface area is 90.2 Å². The van der Waals surface area contributed by atoms with Gasteiger partial charge in [-0.1, -0.05) is 0 Å². The van der Waals surface area contributed by atoms with Crippen LogP contribution in [0.2, 0.25) is 0 Å². The molecule has 0 saturated heterocycles. The fourth-order valence-corrected chi connectivity index (χ4v) is 1.87. The van der Waals surface area contributed by atoms with E-state index in [0.717, 1.165) is 5.56 Å².